The highest BCUT2D eigenvalue weighted by Gasteiger charge is 2.41. The summed E-state index contributed by atoms with van der Waals surface area (Å²) in [7, 11) is 1.63. The van der Waals surface area contributed by atoms with Gasteiger partial charge in [-0.15, -0.1) is 0 Å². The van der Waals surface area contributed by atoms with Crippen LogP contribution in [-0.2, 0) is 16.0 Å². The molecular formula is C24H27ClN2O4. The lowest BCUT2D eigenvalue weighted by atomic mass is 9.88. The first kappa shape index (κ1) is 21.7. The highest BCUT2D eigenvalue weighted by molar-refractivity contribution is 6.30. The maximum absolute atomic E-state index is 12.9. The van der Waals surface area contributed by atoms with E-state index in [9.17, 15) is 9.59 Å². The normalized spacial score (nSPS) is 18.1. The minimum absolute atomic E-state index is 0.00245. The fourth-order valence-corrected chi connectivity index (χ4v) is 4.42. The molecule has 1 spiro atoms. The fourth-order valence-electron chi connectivity index (χ4n) is 4.29. The Balaban J connectivity index is 1.33. The standard InChI is InChI=1S/C24H27ClN2O4/c1-30-21-8-2-18(3-9-21)16-22(28)26-12-10-24(11-13-26)17-27(14-15-31-24)23(29)19-4-6-20(25)7-5-19/h2-9H,10-17H2,1H3. The van der Waals surface area contributed by atoms with Gasteiger partial charge in [0.05, 0.1) is 32.3 Å². The third-order valence-electron chi connectivity index (χ3n) is 6.17. The van der Waals surface area contributed by atoms with Crippen LogP contribution in [0.4, 0.5) is 0 Å². The van der Waals surface area contributed by atoms with Gasteiger partial charge in [-0.05, 0) is 54.8 Å². The molecule has 0 bridgehead atoms. The van der Waals surface area contributed by atoms with Gasteiger partial charge >= 0.3 is 0 Å². The number of likely N-dealkylation sites (tertiary alicyclic amines) is 1. The number of methoxy groups -OCH3 is 1. The van der Waals surface area contributed by atoms with Crippen LogP contribution < -0.4 is 4.74 Å². The summed E-state index contributed by atoms with van der Waals surface area (Å²) in [5, 5.41) is 0.613. The van der Waals surface area contributed by atoms with Crippen molar-refractivity contribution in [1.82, 2.24) is 9.80 Å². The quantitative estimate of drug-likeness (QED) is 0.728. The number of hydrogen-bond acceptors (Lipinski definition) is 4. The highest BCUT2D eigenvalue weighted by atomic mass is 35.5. The molecule has 2 aromatic rings. The molecule has 2 heterocycles. The number of nitrogens with zero attached hydrogens (tertiary/aromatic N) is 2. The Hall–Kier alpha value is -2.57. The molecule has 2 saturated heterocycles. The fraction of sp³-hybridized carbons (Fsp3) is 0.417. The molecular weight excluding hydrogens is 416 g/mol. The van der Waals surface area contributed by atoms with E-state index in [1.165, 1.54) is 0 Å². The summed E-state index contributed by atoms with van der Waals surface area (Å²) < 4.78 is 11.3. The minimum atomic E-state index is -0.378. The lowest BCUT2D eigenvalue weighted by molar-refractivity contribution is -0.146. The number of carbonyl (C=O) groups is 2. The second kappa shape index (κ2) is 9.28. The Morgan fingerprint density at radius 2 is 1.68 bits per heavy atom. The number of amides is 2. The SMILES string of the molecule is COc1ccc(CC(=O)N2CCC3(CC2)CN(C(=O)c2ccc(Cl)cc2)CCO3)cc1. The molecule has 0 atom stereocenters. The molecule has 2 fully saturated rings. The number of ether oxygens (including phenoxy) is 2. The molecule has 2 aromatic carbocycles. The Labute approximate surface area is 187 Å². The first-order chi connectivity index (χ1) is 15.0. The minimum Gasteiger partial charge on any atom is -0.497 e. The van der Waals surface area contributed by atoms with Gasteiger partial charge < -0.3 is 19.3 Å². The van der Waals surface area contributed by atoms with Gasteiger partial charge in [0, 0.05) is 30.2 Å². The average molecular weight is 443 g/mol. The van der Waals surface area contributed by atoms with Gasteiger partial charge in [-0.1, -0.05) is 23.7 Å². The van der Waals surface area contributed by atoms with Crippen molar-refractivity contribution in [3.63, 3.8) is 0 Å². The molecule has 0 aromatic heterocycles. The number of halogens is 1. The van der Waals surface area contributed by atoms with E-state index >= 15 is 0 Å². The van der Waals surface area contributed by atoms with Crippen molar-refractivity contribution < 1.29 is 19.1 Å². The van der Waals surface area contributed by atoms with E-state index in [-0.39, 0.29) is 17.4 Å². The lowest BCUT2D eigenvalue weighted by Gasteiger charge is -2.47. The second-order valence-corrected chi connectivity index (χ2v) is 8.61. The van der Waals surface area contributed by atoms with Crippen molar-refractivity contribution in [1.29, 1.82) is 0 Å². The summed E-state index contributed by atoms with van der Waals surface area (Å²) in [6.45, 7) is 2.91. The van der Waals surface area contributed by atoms with Crippen molar-refractivity contribution in [2.24, 2.45) is 0 Å². The molecule has 0 N–H and O–H groups in total. The predicted molar refractivity (Wildman–Crippen MR) is 119 cm³/mol. The molecule has 31 heavy (non-hydrogen) atoms. The zero-order valence-electron chi connectivity index (χ0n) is 17.7. The molecule has 164 valence electrons. The zero-order valence-corrected chi connectivity index (χ0v) is 18.4. The molecule has 2 aliphatic heterocycles. The number of hydrogen-bond donors (Lipinski definition) is 0. The van der Waals surface area contributed by atoms with Gasteiger partial charge in [0.1, 0.15) is 5.75 Å². The summed E-state index contributed by atoms with van der Waals surface area (Å²) in [5.74, 6) is 0.894. The number of benzene rings is 2. The van der Waals surface area contributed by atoms with Crippen molar-refractivity contribution >= 4 is 23.4 Å². The van der Waals surface area contributed by atoms with Gasteiger partial charge in [-0.2, -0.15) is 0 Å². The Bertz CT molecular complexity index is 922. The van der Waals surface area contributed by atoms with Crippen LogP contribution in [0.25, 0.3) is 0 Å². The van der Waals surface area contributed by atoms with Gasteiger partial charge in [-0.3, -0.25) is 9.59 Å². The van der Waals surface area contributed by atoms with Crippen molar-refractivity contribution in [3.8, 4) is 5.75 Å². The van der Waals surface area contributed by atoms with Gasteiger partial charge in [0.15, 0.2) is 0 Å². The number of carbonyl (C=O) groups excluding carboxylic acids is 2. The molecule has 0 saturated carbocycles. The van der Waals surface area contributed by atoms with E-state index in [1.54, 1.807) is 31.4 Å². The van der Waals surface area contributed by atoms with Gasteiger partial charge in [-0.25, -0.2) is 0 Å². The van der Waals surface area contributed by atoms with Crippen LogP contribution in [0.15, 0.2) is 48.5 Å². The van der Waals surface area contributed by atoms with Crippen LogP contribution in [0.3, 0.4) is 0 Å². The monoisotopic (exact) mass is 442 g/mol. The predicted octanol–water partition coefficient (Wildman–Crippen LogP) is 3.42. The molecule has 2 amide bonds. The molecule has 4 rings (SSSR count). The van der Waals surface area contributed by atoms with Crippen molar-refractivity contribution in [3.05, 3.63) is 64.7 Å². The molecule has 2 aliphatic rings. The van der Waals surface area contributed by atoms with E-state index in [0.29, 0.717) is 49.8 Å². The Kier molecular flexibility index (Phi) is 6.49. The summed E-state index contributed by atoms with van der Waals surface area (Å²) >= 11 is 5.94. The third-order valence-corrected chi connectivity index (χ3v) is 6.42. The van der Waals surface area contributed by atoms with Crippen molar-refractivity contribution in [2.75, 3.05) is 39.9 Å². The van der Waals surface area contributed by atoms with E-state index in [4.69, 9.17) is 21.1 Å². The highest BCUT2D eigenvalue weighted by Crippen LogP contribution is 2.31. The number of morpholine rings is 1. The van der Waals surface area contributed by atoms with Crippen LogP contribution in [0, 0.1) is 0 Å². The maximum Gasteiger partial charge on any atom is 0.254 e. The topological polar surface area (TPSA) is 59.1 Å². The number of piperidine rings is 1. The molecule has 0 aliphatic carbocycles. The van der Waals surface area contributed by atoms with E-state index in [0.717, 1.165) is 24.2 Å². The van der Waals surface area contributed by atoms with Crippen molar-refractivity contribution in [2.45, 2.75) is 24.9 Å². The van der Waals surface area contributed by atoms with E-state index in [1.807, 2.05) is 34.1 Å². The first-order valence-corrected chi connectivity index (χ1v) is 11.0. The second-order valence-electron chi connectivity index (χ2n) is 8.17. The van der Waals surface area contributed by atoms with Gasteiger partial charge in [0.25, 0.3) is 5.91 Å². The zero-order chi connectivity index (χ0) is 21.8. The first-order valence-electron chi connectivity index (χ1n) is 10.6. The number of rotatable bonds is 4. The van der Waals surface area contributed by atoms with Crippen LogP contribution >= 0.6 is 11.6 Å². The molecule has 6 nitrogen and oxygen atoms in total. The van der Waals surface area contributed by atoms with Crippen LogP contribution in [-0.4, -0.2) is 67.1 Å². The van der Waals surface area contributed by atoms with E-state index < -0.39 is 0 Å². The lowest BCUT2D eigenvalue weighted by Crippen LogP contribution is -2.58. The van der Waals surface area contributed by atoms with Gasteiger partial charge in [0.2, 0.25) is 5.91 Å². The van der Waals surface area contributed by atoms with E-state index in [2.05, 4.69) is 0 Å². The summed E-state index contributed by atoms with van der Waals surface area (Å²) in [6.07, 6.45) is 1.83. The summed E-state index contributed by atoms with van der Waals surface area (Å²) in [5.41, 5.74) is 1.23. The van der Waals surface area contributed by atoms with Crippen LogP contribution in [0.5, 0.6) is 5.75 Å². The largest absolute Gasteiger partial charge is 0.497 e. The Morgan fingerprint density at radius 3 is 2.32 bits per heavy atom. The summed E-state index contributed by atoms with van der Waals surface area (Å²) in [6, 6.07) is 14.6. The smallest absolute Gasteiger partial charge is 0.254 e. The average Bonchev–Trinajstić information content (AvgIpc) is 2.80. The van der Waals surface area contributed by atoms with Crippen LogP contribution in [0.1, 0.15) is 28.8 Å². The Morgan fingerprint density at radius 1 is 1.00 bits per heavy atom. The maximum atomic E-state index is 12.9. The molecule has 0 radical (unpaired) electrons. The third kappa shape index (κ3) is 5.02. The van der Waals surface area contributed by atoms with Crippen LogP contribution in [0.2, 0.25) is 5.02 Å². The molecule has 0 unspecified atom stereocenters. The molecule has 7 heteroatoms. The summed E-state index contributed by atoms with van der Waals surface area (Å²) in [4.78, 5) is 29.4.